The number of nitrogens with one attached hydrogen (secondary N) is 1. The molecule has 5 heteroatoms. The van der Waals surface area contributed by atoms with Crippen LogP contribution in [0.15, 0.2) is 24.3 Å². The predicted molar refractivity (Wildman–Crippen MR) is 83.2 cm³/mol. The highest BCUT2D eigenvalue weighted by atomic mass is 16.5. The average molecular weight is 305 g/mol. The summed E-state index contributed by atoms with van der Waals surface area (Å²) in [5, 5.41) is 2.86. The van der Waals surface area contributed by atoms with E-state index in [1.807, 2.05) is 0 Å². The lowest BCUT2D eigenvalue weighted by Gasteiger charge is -2.10. The molecule has 1 aliphatic rings. The van der Waals surface area contributed by atoms with Gasteiger partial charge in [-0.15, -0.1) is 0 Å². The van der Waals surface area contributed by atoms with Gasteiger partial charge in [0.15, 0.2) is 5.78 Å². The van der Waals surface area contributed by atoms with E-state index in [4.69, 9.17) is 9.47 Å². The molecular formula is C17H23NO4. The number of hydrogen-bond acceptors (Lipinski definition) is 4. The fourth-order valence-electron chi connectivity index (χ4n) is 2.45. The third-order valence-corrected chi connectivity index (χ3v) is 3.77. The monoisotopic (exact) mass is 305 g/mol. The lowest BCUT2D eigenvalue weighted by Crippen LogP contribution is -2.31. The molecule has 1 aromatic carbocycles. The lowest BCUT2D eigenvalue weighted by atomic mass is 10.1. The number of carbonyl (C=O) groups excluding carboxylic acids is 2. The van der Waals surface area contributed by atoms with Gasteiger partial charge in [0.2, 0.25) is 5.91 Å². The number of benzene rings is 1. The van der Waals surface area contributed by atoms with E-state index < -0.39 is 0 Å². The molecule has 0 radical (unpaired) electrons. The van der Waals surface area contributed by atoms with Crippen molar-refractivity contribution >= 4 is 11.7 Å². The van der Waals surface area contributed by atoms with Crippen LogP contribution in [0.1, 0.15) is 42.5 Å². The number of ether oxygens (including phenoxy) is 2. The van der Waals surface area contributed by atoms with Crippen molar-refractivity contribution < 1.29 is 19.1 Å². The normalized spacial score (nSPS) is 17.2. The summed E-state index contributed by atoms with van der Waals surface area (Å²) in [4.78, 5) is 23.7. The largest absolute Gasteiger partial charge is 0.497 e. The Morgan fingerprint density at radius 1 is 1.27 bits per heavy atom. The summed E-state index contributed by atoms with van der Waals surface area (Å²) in [5.74, 6) is 0.762. The zero-order valence-electron chi connectivity index (χ0n) is 13.0. The van der Waals surface area contributed by atoms with E-state index in [2.05, 4.69) is 5.32 Å². The summed E-state index contributed by atoms with van der Waals surface area (Å²) in [6.45, 7) is 1.36. The van der Waals surface area contributed by atoms with Crippen LogP contribution in [0.25, 0.3) is 0 Å². The molecular weight excluding hydrogens is 282 g/mol. The zero-order chi connectivity index (χ0) is 15.8. The third kappa shape index (κ3) is 5.15. The third-order valence-electron chi connectivity index (χ3n) is 3.77. The summed E-state index contributed by atoms with van der Waals surface area (Å²) >= 11 is 0. The molecule has 1 fully saturated rings. The zero-order valence-corrected chi connectivity index (χ0v) is 13.0. The van der Waals surface area contributed by atoms with Crippen LogP contribution in [-0.4, -0.2) is 38.1 Å². The molecule has 1 saturated heterocycles. The Morgan fingerprint density at radius 3 is 2.68 bits per heavy atom. The van der Waals surface area contributed by atoms with Crippen molar-refractivity contribution in [2.75, 3.05) is 20.3 Å². The first-order valence-electron chi connectivity index (χ1n) is 7.74. The van der Waals surface area contributed by atoms with Crippen LogP contribution >= 0.6 is 0 Å². The minimum absolute atomic E-state index is 0.0157. The lowest BCUT2D eigenvalue weighted by molar-refractivity contribution is -0.121. The molecule has 22 heavy (non-hydrogen) atoms. The number of ketones is 1. The molecule has 120 valence electrons. The summed E-state index contributed by atoms with van der Waals surface area (Å²) in [7, 11) is 1.59. The number of hydrogen-bond donors (Lipinski definition) is 1. The van der Waals surface area contributed by atoms with Gasteiger partial charge >= 0.3 is 0 Å². The maximum absolute atomic E-state index is 12.0. The van der Waals surface area contributed by atoms with Gasteiger partial charge in [0.05, 0.1) is 13.2 Å². The van der Waals surface area contributed by atoms with Gasteiger partial charge in [0.25, 0.3) is 0 Å². The Hall–Kier alpha value is -1.88. The Morgan fingerprint density at radius 2 is 2.05 bits per heavy atom. The van der Waals surface area contributed by atoms with Crippen molar-refractivity contribution in [2.24, 2.45) is 0 Å². The van der Waals surface area contributed by atoms with Gasteiger partial charge in [-0.3, -0.25) is 9.59 Å². The molecule has 1 amide bonds. The molecule has 1 unspecified atom stereocenters. The fourth-order valence-corrected chi connectivity index (χ4v) is 2.45. The van der Waals surface area contributed by atoms with E-state index in [0.717, 1.165) is 25.2 Å². The summed E-state index contributed by atoms with van der Waals surface area (Å²) in [6.07, 6.45) is 3.54. The molecule has 0 spiro atoms. The van der Waals surface area contributed by atoms with Crippen LogP contribution in [0, 0.1) is 0 Å². The Bertz CT molecular complexity index is 492. The van der Waals surface area contributed by atoms with E-state index in [0.29, 0.717) is 31.4 Å². The molecule has 0 aromatic heterocycles. The molecule has 1 aromatic rings. The Balaban J connectivity index is 1.64. The van der Waals surface area contributed by atoms with Gasteiger partial charge in [-0.1, -0.05) is 0 Å². The predicted octanol–water partition coefficient (Wildman–Crippen LogP) is 2.34. The van der Waals surface area contributed by atoms with Crippen LogP contribution in [0.5, 0.6) is 5.75 Å². The van der Waals surface area contributed by atoms with Gasteiger partial charge in [-0.05, 0) is 43.5 Å². The summed E-state index contributed by atoms with van der Waals surface area (Å²) < 4.78 is 10.5. The second kappa shape index (κ2) is 8.54. The van der Waals surface area contributed by atoms with Crippen LogP contribution in [0.4, 0.5) is 0 Å². The molecule has 0 aliphatic carbocycles. The number of Topliss-reactive ketones (excluding diaryl/α,β-unsaturated/α-hetero) is 1. The van der Waals surface area contributed by atoms with E-state index in [1.165, 1.54) is 0 Å². The SMILES string of the molecule is COc1ccc(C(=O)CCCC(=O)NCC2CCCO2)cc1. The van der Waals surface area contributed by atoms with E-state index >= 15 is 0 Å². The number of amides is 1. The molecule has 1 heterocycles. The maximum Gasteiger partial charge on any atom is 0.220 e. The van der Waals surface area contributed by atoms with Crippen molar-refractivity contribution in [3.63, 3.8) is 0 Å². The van der Waals surface area contributed by atoms with Crippen LogP contribution in [0.2, 0.25) is 0 Å². The van der Waals surface area contributed by atoms with E-state index in [9.17, 15) is 9.59 Å². The quantitative estimate of drug-likeness (QED) is 0.749. The standard InChI is InChI=1S/C17H23NO4/c1-21-14-9-7-13(8-10-14)16(19)5-2-6-17(20)18-12-15-4-3-11-22-15/h7-10,15H,2-6,11-12H2,1H3,(H,18,20). The first-order valence-corrected chi connectivity index (χ1v) is 7.74. The minimum Gasteiger partial charge on any atom is -0.497 e. The number of carbonyl (C=O) groups is 2. The maximum atomic E-state index is 12.0. The molecule has 1 N–H and O–H groups in total. The minimum atomic E-state index is -0.0157. The van der Waals surface area contributed by atoms with Crippen LogP contribution < -0.4 is 10.1 Å². The van der Waals surface area contributed by atoms with E-state index in [1.54, 1.807) is 31.4 Å². The van der Waals surface area contributed by atoms with Crippen molar-refractivity contribution in [3.8, 4) is 5.75 Å². The summed E-state index contributed by atoms with van der Waals surface area (Å²) in [5.41, 5.74) is 0.653. The van der Waals surface area contributed by atoms with Crippen molar-refractivity contribution in [3.05, 3.63) is 29.8 Å². The van der Waals surface area contributed by atoms with Gasteiger partial charge < -0.3 is 14.8 Å². The molecule has 5 nitrogen and oxygen atoms in total. The molecule has 1 atom stereocenters. The highest BCUT2D eigenvalue weighted by molar-refractivity contribution is 5.96. The smallest absolute Gasteiger partial charge is 0.220 e. The van der Waals surface area contributed by atoms with Crippen molar-refractivity contribution in [1.82, 2.24) is 5.32 Å². The van der Waals surface area contributed by atoms with Crippen LogP contribution in [-0.2, 0) is 9.53 Å². The fraction of sp³-hybridized carbons (Fsp3) is 0.529. The first-order chi connectivity index (χ1) is 10.7. The Kier molecular flexibility index (Phi) is 6.40. The van der Waals surface area contributed by atoms with Crippen molar-refractivity contribution in [2.45, 2.75) is 38.2 Å². The van der Waals surface area contributed by atoms with Gasteiger partial charge in [-0.25, -0.2) is 0 Å². The highest BCUT2D eigenvalue weighted by Crippen LogP contribution is 2.14. The second-order valence-corrected chi connectivity index (χ2v) is 5.44. The van der Waals surface area contributed by atoms with Gasteiger partial charge in [0.1, 0.15) is 5.75 Å². The Labute approximate surface area is 131 Å². The molecule has 1 aliphatic heterocycles. The highest BCUT2D eigenvalue weighted by Gasteiger charge is 2.16. The molecule has 2 rings (SSSR count). The topological polar surface area (TPSA) is 64.6 Å². The van der Waals surface area contributed by atoms with Crippen molar-refractivity contribution in [1.29, 1.82) is 0 Å². The summed E-state index contributed by atoms with van der Waals surface area (Å²) in [6, 6.07) is 7.03. The van der Waals surface area contributed by atoms with Gasteiger partial charge in [-0.2, -0.15) is 0 Å². The number of rotatable bonds is 8. The molecule has 0 bridgehead atoms. The average Bonchev–Trinajstić information content (AvgIpc) is 3.06. The molecule has 0 saturated carbocycles. The van der Waals surface area contributed by atoms with Gasteiger partial charge in [0, 0.05) is 31.6 Å². The van der Waals surface area contributed by atoms with E-state index in [-0.39, 0.29) is 17.8 Å². The number of methoxy groups -OCH3 is 1. The van der Waals surface area contributed by atoms with Crippen LogP contribution in [0.3, 0.4) is 0 Å². The second-order valence-electron chi connectivity index (χ2n) is 5.44. The first kappa shape index (κ1) is 16.5.